The van der Waals surface area contributed by atoms with Gasteiger partial charge in [0.15, 0.2) is 0 Å². The summed E-state index contributed by atoms with van der Waals surface area (Å²) in [7, 11) is -1.35. The Morgan fingerprint density at radius 2 is 2.38 bits per heavy atom. The van der Waals surface area contributed by atoms with Crippen molar-refractivity contribution in [2.45, 2.75) is 31.2 Å². The van der Waals surface area contributed by atoms with Gasteiger partial charge in [-0.15, -0.1) is 11.3 Å². The third kappa shape index (κ3) is 4.01. The maximum atomic E-state index is 11.5. The zero-order valence-electron chi connectivity index (χ0n) is 11.7. The van der Waals surface area contributed by atoms with E-state index in [2.05, 4.69) is 4.98 Å². The second kappa shape index (κ2) is 6.84. The largest absolute Gasteiger partial charge is 0.480 e. The second-order valence-corrected chi connectivity index (χ2v) is 6.56. The molecule has 9 heteroatoms. The van der Waals surface area contributed by atoms with E-state index in [-0.39, 0.29) is 12.2 Å². The zero-order chi connectivity index (χ0) is 15.5. The quantitative estimate of drug-likeness (QED) is 0.506. The summed E-state index contributed by atoms with van der Waals surface area (Å²) in [5.74, 6) is -1.19. The van der Waals surface area contributed by atoms with Crippen LogP contribution < -0.4 is 5.73 Å². The smallest absolute Gasteiger partial charge is 0.451 e. The minimum Gasteiger partial charge on any atom is -0.480 e. The van der Waals surface area contributed by atoms with E-state index in [9.17, 15) is 9.90 Å². The first-order valence-electron chi connectivity index (χ1n) is 6.90. The molecule has 0 radical (unpaired) electrons. The lowest BCUT2D eigenvalue weighted by molar-refractivity contribution is -0.144. The van der Waals surface area contributed by atoms with Gasteiger partial charge >= 0.3 is 13.1 Å². The number of carbonyl (C=O) groups is 1. The molecule has 1 aliphatic rings. The summed E-state index contributed by atoms with van der Waals surface area (Å²) < 4.78 is 0. The van der Waals surface area contributed by atoms with Crippen LogP contribution in [0.15, 0.2) is 11.7 Å². The molecule has 1 fully saturated rings. The number of aromatic nitrogens is 1. The molecule has 1 aliphatic heterocycles. The van der Waals surface area contributed by atoms with Crippen LogP contribution in [0.1, 0.15) is 17.7 Å². The Kier molecular flexibility index (Phi) is 5.34. The van der Waals surface area contributed by atoms with Crippen LogP contribution in [0.25, 0.3) is 0 Å². The highest BCUT2D eigenvalue weighted by molar-refractivity contribution is 7.09. The Labute approximate surface area is 127 Å². The number of hydrogen-bond acceptors (Lipinski definition) is 7. The first-order valence-corrected chi connectivity index (χ1v) is 7.78. The summed E-state index contributed by atoms with van der Waals surface area (Å²) in [5, 5.41) is 27.2. The Morgan fingerprint density at radius 1 is 1.62 bits per heavy atom. The molecule has 1 saturated heterocycles. The molecule has 2 atom stereocenters. The van der Waals surface area contributed by atoms with Crippen LogP contribution in [-0.2, 0) is 11.3 Å². The maximum Gasteiger partial charge on any atom is 0.451 e. The SMILES string of the molecule is N[C@@]1(C(=O)O)CN(Cc2cncs2)C[C@@H]1CCCB(O)O. The van der Waals surface area contributed by atoms with Crippen LogP contribution in [0.3, 0.4) is 0 Å². The molecule has 1 aromatic rings. The molecule has 0 aromatic carbocycles. The van der Waals surface area contributed by atoms with Gasteiger partial charge in [0.25, 0.3) is 0 Å². The van der Waals surface area contributed by atoms with Crippen LogP contribution in [-0.4, -0.2) is 56.8 Å². The van der Waals surface area contributed by atoms with Gasteiger partial charge in [-0.1, -0.05) is 6.42 Å². The standard InChI is InChI=1S/C12H20BN3O4S/c14-12(11(17)18)7-16(6-10-4-15-8-21-10)5-9(12)2-1-3-13(19)20/h4,8-9,19-20H,1-3,5-7,14H2,(H,17,18)/t9-,12-/m0/s1. The summed E-state index contributed by atoms with van der Waals surface area (Å²) in [6.07, 6.45) is 3.13. The number of carboxylic acid groups (broad SMARTS) is 1. The number of likely N-dealkylation sites (tertiary alicyclic amines) is 1. The van der Waals surface area contributed by atoms with Crippen LogP contribution in [0.2, 0.25) is 6.32 Å². The second-order valence-electron chi connectivity index (χ2n) is 5.59. The molecule has 0 unspecified atom stereocenters. The van der Waals surface area contributed by atoms with Gasteiger partial charge in [0.2, 0.25) is 0 Å². The minimum atomic E-state index is -1.35. The lowest BCUT2D eigenvalue weighted by Crippen LogP contribution is -2.54. The minimum absolute atomic E-state index is 0.193. The van der Waals surface area contributed by atoms with Crippen molar-refractivity contribution >= 4 is 24.4 Å². The summed E-state index contributed by atoms with van der Waals surface area (Å²) in [4.78, 5) is 18.6. The molecule has 21 heavy (non-hydrogen) atoms. The normalized spacial score (nSPS) is 26.1. The molecule has 2 rings (SSSR count). The topological polar surface area (TPSA) is 120 Å². The molecule has 5 N–H and O–H groups in total. The van der Waals surface area contributed by atoms with E-state index in [1.807, 2.05) is 4.90 Å². The monoisotopic (exact) mass is 313 g/mol. The Bertz CT molecular complexity index is 473. The van der Waals surface area contributed by atoms with Crippen molar-refractivity contribution in [3.63, 3.8) is 0 Å². The van der Waals surface area contributed by atoms with Crippen molar-refractivity contribution in [1.82, 2.24) is 9.88 Å². The predicted molar refractivity (Wildman–Crippen MR) is 79.7 cm³/mol. The maximum absolute atomic E-state index is 11.5. The van der Waals surface area contributed by atoms with E-state index >= 15 is 0 Å². The lowest BCUT2D eigenvalue weighted by atomic mass is 9.78. The number of hydrogen-bond donors (Lipinski definition) is 4. The number of rotatable bonds is 7. The van der Waals surface area contributed by atoms with E-state index in [1.54, 1.807) is 11.7 Å². The van der Waals surface area contributed by atoms with E-state index in [0.717, 1.165) is 4.88 Å². The van der Waals surface area contributed by atoms with E-state index < -0.39 is 18.6 Å². The Hall–Kier alpha value is -0.995. The molecule has 0 bridgehead atoms. The van der Waals surface area contributed by atoms with Crippen molar-refractivity contribution in [2.24, 2.45) is 11.7 Å². The molecule has 0 spiro atoms. The van der Waals surface area contributed by atoms with Gasteiger partial charge in [-0.3, -0.25) is 14.7 Å². The van der Waals surface area contributed by atoms with Crippen LogP contribution in [0, 0.1) is 5.92 Å². The first kappa shape index (κ1) is 16.4. The molecule has 0 saturated carbocycles. The van der Waals surface area contributed by atoms with Crippen molar-refractivity contribution in [3.05, 3.63) is 16.6 Å². The van der Waals surface area contributed by atoms with Gasteiger partial charge in [0.1, 0.15) is 5.54 Å². The molecular weight excluding hydrogens is 293 g/mol. The van der Waals surface area contributed by atoms with Gasteiger partial charge in [0, 0.05) is 36.6 Å². The number of aliphatic carboxylic acids is 1. The third-order valence-corrected chi connectivity index (χ3v) is 4.73. The fraction of sp³-hybridized carbons (Fsp3) is 0.667. The van der Waals surface area contributed by atoms with Gasteiger partial charge in [-0.25, -0.2) is 0 Å². The summed E-state index contributed by atoms with van der Waals surface area (Å²) in [5.41, 5.74) is 6.58. The van der Waals surface area contributed by atoms with Crippen molar-refractivity contribution < 1.29 is 19.9 Å². The number of nitrogens with zero attached hydrogens (tertiary/aromatic N) is 2. The highest BCUT2D eigenvalue weighted by atomic mass is 32.1. The van der Waals surface area contributed by atoms with Gasteiger partial charge in [-0.2, -0.15) is 0 Å². The Balaban J connectivity index is 1.98. The first-order chi connectivity index (χ1) is 9.91. The highest BCUT2D eigenvalue weighted by Crippen LogP contribution is 2.31. The van der Waals surface area contributed by atoms with Crippen LogP contribution >= 0.6 is 11.3 Å². The Morgan fingerprint density at radius 3 is 2.95 bits per heavy atom. The van der Waals surface area contributed by atoms with E-state index in [1.165, 1.54) is 11.3 Å². The third-order valence-electron chi connectivity index (χ3n) is 3.97. The average molecular weight is 313 g/mol. The fourth-order valence-corrected chi connectivity index (χ4v) is 3.47. The van der Waals surface area contributed by atoms with Crippen LogP contribution in [0.5, 0.6) is 0 Å². The molecule has 1 aromatic heterocycles. The molecule has 0 amide bonds. The van der Waals surface area contributed by atoms with Crippen LogP contribution in [0.4, 0.5) is 0 Å². The zero-order valence-corrected chi connectivity index (χ0v) is 12.5. The molecule has 7 nitrogen and oxygen atoms in total. The molecule has 0 aliphatic carbocycles. The fourth-order valence-electron chi connectivity index (χ4n) is 2.84. The number of nitrogens with two attached hydrogens (primary N) is 1. The lowest BCUT2D eigenvalue weighted by Gasteiger charge is -2.25. The number of carboxylic acids is 1. The summed E-state index contributed by atoms with van der Waals surface area (Å²) in [6.45, 7) is 1.55. The van der Waals surface area contributed by atoms with Gasteiger partial charge in [-0.05, 0) is 12.7 Å². The molecule has 116 valence electrons. The van der Waals surface area contributed by atoms with E-state index in [0.29, 0.717) is 32.5 Å². The van der Waals surface area contributed by atoms with Gasteiger partial charge in [0.05, 0.1) is 5.51 Å². The summed E-state index contributed by atoms with van der Waals surface area (Å²) in [6, 6.07) is 0. The average Bonchev–Trinajstić information content (AvgIpc) is 2.99. The predicted octanol–water partition coefficient (Wildman–Crippen LogP) is -0.390. The van der Waals surface area contributed by atoms with Crippen molar-refractivity contribution in [1.29, 1.82) is 0 Å². The van der Waals surface area contributed by atoms with Crippen molar-refractivity contribution in [2.75, 3.05) is 13.1 Å². The molecular formula is C12H20BN3O4S. The molecule has 2 heterocycles. The number of thiazole rings is 1. The van der Waals surface area contributed by atoms with Crippen molar-refractivity contribution in [3.8, 4) is 0 Å². The van der Waals surface area contributed by atoms with E-state index in [4.69, 9.17) is 15.8 Å². The highest BCUT2D eigenvalue weighted by Gasteiger charge is 2.49. The summed E-state index contributed by atoms with van der Waals surface area (Å²) >= 11 is 1.53. The van der Waals surface area contributed by atoms with Gasteiger partial charge < -0.3 is 20.9 Å².